The quantitative estimate of drug-likeness (QED) is 0.226. The van der Waals surface area contributed by atoms with Crippen molar-refractivity contribution >= 4 is 50.6 Å². The standard InChI is InChI=1S/C22H17BrFIN2O3/c1-29-21-11-16(6-7-19(21)25)22(28)27-26-12-14-5-8-20(18(23)10-14)30-13-15-3-2-4-17(24)9-15/h2-12H,13H2,1H3,(H,27,28)/b26-12-. The number of carbonyl (C=O) groups excluding carboxylic acids is 1. The second-order valence-electron chi connectivity index (χ2n) is 6.16. The lowest BCUT2D eigenvalue weighted by molar-refractivity contribution is 0.0954. The third kappa shape index (κ3) is 6.02. The maximum Gasteiger partial charge on any atom is 0.271 e. The van der Waals surface area contributed by atoms with Crippen molar-refractivity contribution in [3.8, 4) is 11.5 Å². The second kappa shape index (κ2) is 10.5. The second-order valence-corrected chi connectivity index (χ2v) is 8.17. The summed E-state index contributed by atoms with van der Waals surface area (Å²) in [5.41, 5.74) is 4.45. The van der Waals surface area contributed by atoms with E-state index in [1.807, 2.05) is 6.07 Å². The first-order valence-electron chi connectivity index (χ1n) is 8.80. The van der Waals surface area contributed by atoms with Crippen molar-refractivity contribution in [2.45, 2.75) is 6.61 Å². The number of benzene rings is 3. The summed E-state index contributed by atoms with van der Waals surface area (Å²) in [6.07, 6.45) is 1.53. The lowest BCUT2D eigenvalue weighted by atomic mass is 10.2. The topological polar surface area (TPSA) is 59.9 Å². The van der Waals surface area contributed by atoms with Crippen LogP contribution in [0.3, 0.4) is 0 Å². The molecule has 0 fully saturated rings. The highest BCUT2D eigenvalue weighted by Gasteiger charge is 2.08. The van der Waals surface area contributed by atoms with Gasteiger partial charge in [0, 0.05) is 5.56 Å². The molecule has 0 aliphatic carbocycles. The first-order valence-corrected chi connectivity index (χ1v) is 10.7. The Labute approximate surface area is 195 Å². The fourth-order valence-corrected chi connectivity index (χ4v) is 3.60. The first kappa shape index (κ1) is 22.2. The SMILES string of the molecule is COc1cc(C(=O)N/N=C\c2ccc(OCc3cccc(F)c3)c(Br)c2)ccc1I. The van der Waals surface area contributed by atoms with Gasteiger partial charge in [-0.1, -0.05) is 12.1 Å². The molecule has 3 aromatic rings. The number of hydrogen-bond donors (Lipinski definition) is 1. The van der Waals surface area contributed by atoms with Gasteiger partial charge < -0.3 is 9.47 Å². The van der Waals surface area contributed by atoms with Gasteiger partial charge >= 0.3 is 0 Å². The number of carbonyl (C=O) groups is 1. The molecular weight excluding hydrogens is 566 g/mol. The molecule has 0 spiro atoms. The third-order valence-corrected chi connectivity index (χ3v) is 5.54. The van der Waals surface area contributed by atoms with E-state index >= 15 is 0 Å². The van der Waals surface area contributed by atoms with Crippen molar-refractivity contribution < 1.29 is 18.7 Å². The summed E-state index contributed by atoms with van der Waals surface area (Å²) < 4.78 is 25.8. The Balaban J connectivity index is 1.59. The van der Waals surface area contributed by atoms with Gasteiger partial charge in [-0.15, -0.1) is 0 Å². The molecule has 0 radical (unpaired) electrons. The Bertz CT molecular complexity index is 1090. The van der Waals surface area contributed by atoms with Crippen LogP contribution in [0.2, 0.25) is 0 Å². The van der Waals surface area contributed by atoms with Crippen molar-refractivity contribution in [1.29, 1.82) is 0 Å². The molecule has 8 heteroatoms. The van der Waals surface area contributed by atoms with Crippen LogP contribution < -0.4 is 14.9 Å². The number of rotatable bonds is 7. The highest BCUT2D eigenvalue weighted by atomic mass is 127. The van der Waals surface area contributed by atoms with Crippen LogP contribution in [0.25, 0.3) is 0 Å². The summed E-state index contributed by atoms with van der Waals surface area (Å²) in [4.78, 5) is 12.2. The summed E-state index contributed by atoms with van der Waals surface area (Å²) >= 11 is 5.59. The number of amides is 1. The molecule has 0 bridgehead atoms. The van der Waals surface area contributed by atoms with Gasteiger partial charge in [-0.2, -0.15) is 5.10 Å². The predicted octanol–water partition coefficient (Wildman–Crippen LogP) is 5.54. The van der Waals surface area contributed by atoms with Gasteiger partial charge in [-0.25, -0.2) is 9.82 Å². The van der Waals surface area contributed by atoms with Crippen LogP contribution in [0, 0.1) is 9.39 Å². The van der Waals surface area contributed by atoms with E-state index in [1.165, 1.54) is 18.3 Å². The molecule has 154 valence electrons. The Morgan fingerprint density at radius 1 is 1.17 bits per heavy atom. The zero-order valence-corrected chi connectivity index (χ0v) is 19.6. The number of hydrazone groups is 1. The number of nitrogens with one attached hydrogen (secondary N) is 1. The molecule has 30 heavy (non-hydrogen) atoms. The number of hydrogen-bond acceptors (Lipinski definition) is 4. The summed E-state index contributed by atoms with van der Waals surface area (Å²) in [6.45, 7) is 0.249. The van der Waals surface area contributed by atoms with Gasteiger partial charge in [-0.3, -0.25) is 4.79 Å². The van der Waals surface area contributed by atoms with Crippen LogP contribution in [0.4, 0.5) is 4.39 Å². The number of halogens is 3. The molecule has 3 rings (SSSR count). The van der Waals surface area contributed by atoms with E-state index in [9.17, 15) is 9.18 Å². The number of methoxy groups -OCH3 is 1. The highest BCUT2D eigenvalue weighted by molar-refractivity contribution is 14.1. The van der Waals surface area contributed by atoms with Crippen LogP contribution in [0.15, 0.2) is 70.2 Å². The molecule has 5 nitrogen and oxygen atoms in total. The highest BCUT2D eigenvalue weighted by Crippen LogP contribution is 2.26. The molecule has 0 atom stereocenters. The van der Waals surface area contributed by atoms with E-state index in [1.54, 1.807) is 49.6 Å². The first-order chi connectivity index (χ1) is 14.5. The van der Waals surface area contributed by atoms with Gasteiger partial charge in [0.1, 0.15) is 23.9 Å². The minimum Gasteiger partial charge on any atom is -0.496 e. The van der Waals surface area contributed by atoms with Crippen LogP contribution in [0.5, 0.6) is 11.5 Å². The van der Waals surface area contributed by atoms with Crippen LogP contribution in [0.1, 0.15) is 21.5 Å². The summed E-state index contributed by atoms with van der Waals surface area (Å²) in [7, 11) is 1.56. The minimum atomic E-state index is -0.338. The van der Waals surface area contributed by atoms with Crippen molar-refractivity contribution in [3.05, 3.63) is 91.2 Å². The lowest BCUT2D eigenvalue weighted by Gasteiger charge is -2.09. The molecule has 0 aliphatic rings. The van der Waals surface area contributed by atoms with Crippen molar-refractivity contribution in [1.82, 2.24) is 5.43 Å². The molecule has 0 saturated heterocycles. The minimum absolute atomic E-state index is 0.249. The van der Waals surface area contributed by atoms with E-state index in [0.29, 0.717) is 17.1 Å². The van der Waals surface area contributed by atoms with Gasteiger partial charge in [0.25, 0.3) is 5.91 Å². The Kier molecular flexibility index (Phi) is 7.81. The molecule has 0 saturated carbocycles. The molecule has 0 unspecified atom stereocenters. The van der Waals surface area contributed by atoms with E-state index in [-0.39, 0.29) is 18.3 Å². The smallest absolute Gasteiger partial charge is 0.271 e. The predicted molar refractivity (Wildman–Crippen MR) is 126 cm³/mol. The molecule has 3 aromatic carbocycles. The molecule has 0 aliphatic heterocycles. The van der Waals surface area contributed by atoms with E-state index in [0.717, 1.165) is 19.2 Å². The van der Waals surface area contributed by atoms with E-state index in [4.69, 9.17) is 9.47 Å². The maximum atomic E-state index is 13.2. The largest absolute Gasteiger partial charge is 0.496 e. The van der Waals surface area contributed by atoms with Gasteiger partial charge in [0.15, 0.2) is 0 Å². The Hall–Kier alpha value is -2.46. The lowest BCUT2D eigenvalue weighted by Crippen LogP contribution is -2.17. The summed E-state index contributed by atoms with van der Waals surface area (Å²) in [6, 6.07) is 16.8. The van der Waals surface area contributed by atoms with E-state index in [2.05, 4.69) is 49.0 Å². The summed E-state index contributed by atoms with van der Waals surface area (Å²) in [5, 5.41) is 4.00. The van der Waals surface area contributed by atoms with Crippen LogP contribution in [-0.2, 0) is 6.61 Å². The molecular formula is C22H17BrFIN2O3. The van der Waals surface area contributed by atoms with Gasteiger partial charge in [0.05, 0.1) is 21.4 Å². The zero-order valence-electron chi connectivity index (χ0n) is 15.9. The molecule has 0 heterocycles. The van der Waals surface area contributed by atoms with Crippen LogP contribution >= 0.6 is 38.5 Å². The van der Waals surface area contributed by atoms with Crippen molar-refractivity contribution in [2.24, 2.45) is 5.10 Å². The average molecular weight is 583 g/mol. The van der Waals surface area contributed by atoms with Crippen molar-refractivity contribution in [3.63, 3.8) is 0 Å². The monoisotopic (exact) mass is 582 g/mol. The van der Waals surface area contributed by atoms with Crippen LogP contribution in [-0.4, -0.2) is 19.2 Å². The van der Waals surface area contributed by atoms with Gasteiger partial charge in [-0.05, 0) is 98.2 Å². The maximum absolute atomic E-state index is 13.2. The van der Waals surface area contributed by atoms with E-state index < -0.39 is 0 Å². The molecule has 0 aromatic heterocycles. The normalized spacial score (nSPS) is 10.8. The molecule has 1 amide bonds. The van der Waals surface area contributed by atoms with Gasteiger partial charge in [0.2, 0.25) is 0 Å². The number of nitrogens with zero attached hydrogens (tertiary/aromatic N) is 1. The zero-order chi connectivity index (χ0) is 21.5. The Morgan fingerprint density at radius 2 is 2.00 bits per heavy atom. The average Bonchev–Trinajstić information content (AvgIpc) is 2.73. The van der Waals surface area contributed by atoms with Crippen molar-refractivity contribution in [2.75, 3.05) is 7.11 Å². The molecule has 1 N–H and O–H groups in total. The Morgan fingerprint density at radius 3 is 2.73 bits per heavy atom. The summed E-state index contributed by atoms with van der Waals surface area (Å²) in [5.74, 6) is 0.610. The number of ether oxygens (including phenoxy) is 2. The fraction of sp³-hybridized carbons (Fsp3) is 0.0909. The fourth-order valence-electron chi connectivity index (χ4n) is 2.53. The third-order valence-electron chi connectivity index (χ3n) is 4.03.